The molecule has 1 atom stereocenters. The predicted octanol–water partition coefficient (Wildman–Crippen LogP) is 1.84. The zero-order valence-corrected chi connectivity index (χ0v) is 7.47. The summed E-state index contributed by atoms with van der Waals surface area (Å²) in [6.07, 6.45) is 4.86. The Kier molecular flexibility index (Phi) is 3.30. The van der Waals surface area contributed by atoms with E-state index in [1.807, 2.05) is 6.92 Å². The Morgan fingerprint density at radius 3 is 3.08 bits per heavy atom. The highest BCUT2D eigenvalue weighted by Gasteiger charge is 2.17. The van der Waals surface area contributed by atoms with E-state index < -0.39 is 0 Å². The second kappa shape index (κ2) is 4.27. The maximum Gasteiger partial charge on any atom is 0.132 e. The minimum absolute atomic E-state index is 0.329. The summed E-state index contributed by atoms with van der Waals surface area (Å²) in [5.74, 6) is 1.78. The van der Waals surface area contributed by atoms with Gasteiger partial charge in [-0.1, -0.05) is 23.8 Å². The monoisotopic (exact) mass is 184 g/mol. The summed E-state index contributed by atoms with van der Waals surface area (Å²) in [5, 5.41) is 0.408. The van der Waals surface area contributed by atoms with Crippen LogP contribution in [0.1, 0.15) is 6.92 Å². The number of hydrogen-bond acceptors (Lipinski definition) is 2. The van der Waals surface area contributed by atoms with E-state index in [1.165, 1.54) is 0 Å². The van der Waals surface area contributed by atoms with E-state index in [9.17, 15) is 4.79 Å². The van der Waals surface area contributed by atoms with Crippen LogP contribution in [0.25, 0.3) is 0 Å². The van der Waals surface area contributed by atoms with Crippen LogP contribution in [0.15, 0.2) is 28.8 Å². The zero-order valence-electron chi connectivity index (χ0n) is 6.71. The summed E-state index contributed by atoms with van der Waals surface area (Å²) in [7, 11) is 0. The number of rotatable bonds is 2. The summed E-state index contributed by atoms with van der Waals surface area (Å²) in [6.45, 7) is 2.41. The lowest BCUT2D eigenvalue weighted by molar-refractivity contribution is 0.122. The molecule has 1 aliphatic rings. The van der Waals surface area contributed by atoms with Crippen molar-refractivity contribution in [3.63, 3.8) is 0 Å². The molecule has 0 amide bonds. The van der Waals surface area contributed by atoms with Crippen LogP contribution in [0, 0.1) is 0 Å². The molecule has 0 spiro atoms. The molecule has 0 aromatic rings. The third-order valence-corrected chi connectivity index (χ3v) is 1.86. The molecule has 64 valence electrons. The van der Waals surface area contributed by atoms with E-state index in [1.54, 1.807) is 24.2 Å². The molecule has 0 saturated carbocycles. The Morgan fingerprint density at radius 1 is 1.75 bits per heavy atom. The van der Waals surface area contributed by atoms with Crippen LogP contribution in [0.4, 0.5) is 0 Å². The van der Waals surface area contributed by atoms with Crippen molar-refractivity contribution in [1.82, 2.24) is 0 Å². The van der Waals surface area contributed by atoms with Crippen molar-refractivity contribution in [1.29, 1.82) is 0 Å². The molecule has 0 radical (unpaired) electrons. The average molecular weight is 185 g/mol. The second-order valence-electron chi connectivity index (χ2n) is 2.29. The highest BCUT2D eigenvalue weighted by atomic mass is 35.5. The van der Waals surface area contributed by atoms with Gasteiger partial charge in [0.15, 0.2) is 0 Å². The van der Waals surface area contributed by atoms with Gasteiger partial charge in [-0.3, -0.25) is 0 Å². The van der Waals surface area contributed by atoms with Gasteiger partial charge in [0.25, 0.3) is 0 Å². The van der Waals surface area contributed by atoms with E-state index >= 15 is 0 Å². The van der Waals surface area contributed by atoms with Crippen LogP contribution in [0.2, 0.25) is 0 Å². The Morgan fingerprint density at radius 2 is 2.50 bits per heavy atom. The van der Waals surface area contributed by atoms with E-state index in [4.69, 9.17) is 16.3 Å². The lowest BCUT2D eigenvalue weighted by Gasteiger charge is -2.15. The maximum atomic E-state index is 10.5. The SMILES string of the molecule is CCOC1C=CC=C(Cl)C1=C=O. The van der Waals surface area contributed by atoms with Crippen molar-refractivity contribution < 1.29 is 9.53 Å². The largest absolute Gasteiger partial charge is 0.369 e. The normalized spacial score (nSPS) is 22.0. The first-order valence-electron chi connectivity index (χ1n) is 3.70. The second-order valence-corrected chi connectivity index (χ2v) is 2.70. The lowest BCUT2D eigenvalue weighted by Crippen LogP contribution is -2.15. The third kappa shape index (κ3) is 1.86. The van der Waals surface area contributed by atoms with E-state index in [0.29, 0.717) is 17.2 Å². The Balaban J connectivity index is 2.85. The topological polar surface area (TPSA) is 26.3 Å². The van der Waals surface area contributed by atoms with Crippen LogP contribution < -0.4 is 0 Å². The Hall–Kier alpha value is -0.820. The highest BCUT2D eigenvalue weighted by molar-refractivity contribution is 6.33. The van der Waals surface area contributed by atoms with Gasteiger partial charge in [-0.05, 0) is 13.0 Å². The fourth-order valence-electron chi connectivity index (χ4n) is 0.988. The molecule has 3 heteroatoms. The average Bonchev–Trinajstić information content (AvgIpc) is 2.05. The fraction of sp³-hybridized carbons (Fsp3) is 0.333. The van der Waals surface area contributed by atoms with E-state index in [-0.39, 0.29) is 6.10 Å². The first-order chi connectivity index (χ1) is 5.79. The molecule has 0 saturated heterocycles. The molecule has 1 aliphatic carbocycles. The van der Waals surface area contributed by atoms with Crippen LogP contribution in [0.3, 0.4) is 0 Å². The molecule has 1 rings (SSSR count). The molecule has 2 nitrogen and oxygen atoms in total. The van der Waals surface area contributed by atoms with Gasteiger partial charge in [0, 0.05) is 6.61 Å². The van der Waals surface area contributed by atoms with Gasteiger partial charge in [0.05, 0.1) is 10.6 Å². The first-order valence-corrected chi connectivity index (χ1v) is 4.08. The highest BCUT2D eigenvalue weighted by Crippen LogP contribution is 2.22. The Labute approximate surface area is 76.2 Å². The van der Waals surface area contributed by atoms with Gasteiger partial charge in [0.1, 0.15) is 12.0 Å². The summed E-state index contributed by atoms with van der Waals surface area (Å²) >= 11 is 5.74. The quantitative estimate of drug-likeness (QED) is 0.613. The van der Waals surface area contributed by atoms with Crippen molar-refractivity contribution in [2.24, 2.45) is 0 Å². The summed E-state index contributed by atoms with van der Waals surface area (Å²) < 4.78 is 5.25. The van der Waals surface area contributed by atoms with Gasteiger partial charge in [-0.2, -0.15) is 0 Å². The van der Waals surface area contributed by atoms with Crippen molar-refractivity contribution in [3.05, 3.63) is 28.8 Å². The number of hydrogen-bond donors (Lipinski definition) is 0. The fourth-order valence-corrected chi connectivity index (χ4v) is 1.21. The van der Waals surface area contributed by atoms with Crippen molar-refractivity contribution in [3.8, 4) is 0 Å². The molecule has 12 heavy (non-hydrogen) atoms. The minimum Gasteiger partial charge on any atom is -0.369 e. The number of carbonyl (C=O) groups excluding carboxylic acids is 1. The smallest absolute Gasteiger partial charge is 0.132 e. The summed E-state index contributed by atoms with van der Waals surface area (Å²) in [5.41, 5.74) is 0.376. The molecular weight excluding hydrogens is 176 g/mol. The van der Waals surface area contributed by atoms with E-state index in [2.05, 4.69) is 0 Å². The first kappa shape index (κ1) is 9.27. The van der Waals surface area contributed by atoms with Gasteiger partial charge in [-0.15, -0.1) is 0 Å². The number of allylic oxidation sites excluding steroid dienone is 2. The van der Waals surface area contributed by atoms with Gasteiger partial charge < -0.3 is 4.74 Å². The molecule has 0 fully saturated rings. The molecule has 0 aromatic carbocycles. The van der Waals surface area contributed by atoms with Crippen LogP contribution in [-0.4, -0.2) is 18.7 Å². The molecule has 0 aliphatic heterocycles. The third-order valence-electron chi connectivity index (χ3n) is 1.53. The van der Waals surface area contributed by atoms with Crippen molar-refractivity contribution >= 4 is 17.5 Å². The predicted molar refractivity (Wildman–Crippen MR) is 47.7 cm³/mol. The van der Waals surface area contributed by atoms with Crippen molar-refractivity contribution in [2.45, 2.75) is 13.0 Å². The molecule has 0 heterocycles. The zero-order chi connectivity index (χ0) is 8.97. The van der Waals surface area contributed by atoms with E-state index in [0.717, 1.165) is 0 Å². The van der Waals surface area contributed by atoms with Gasteiger partial charge in [0.2, 0.25) is 0 Å². The number of ether oxygens (including phenoxy) is 1. The standard InChI is InChI=1S/C9H9ClO2/c1-2-12-9-5-3-4-8(10)7(9)6-11/h3-5,9H,2H2,1H3. The minimum atomic E-state index is -0.329. The molecule has 0 N–H and O–H groups in total. The molecule has 1 unspecified atom stereocenters. The number of halogens is 1. The van der Waals surface area contributed by atoms with Crippen molar-refractivity contribution in [2.75, 3.05) is 6.61 Å². The molecular formula is C9H9ClO2. The van der Waals surface area contributed by atoms with Crippen LogP contribution in [-0.2, 0) is 9.53 Å². The van der Waals surface area contributed by atoms with Crippen LogP contribution in [0.5, 0.6) is 0 Å². The molecule has 0 aromatic heterocycles. The van der Waals surface area contributed by atoms with Gasteiger partial charge >= 0.3 is 0 Å². The van der Waals surface area contributed by atoms with Crippen LogP contribution >= 0.6 is 11.6 Å². The summed E-state index contributed by atoms with van der Waals surface area (Å²) in [4.78, 5) is 10.5. The lowest BCUT2D eigenvalue weighted by atomic mass is 10.1. The van der Waals surface area contributed by atoms with Gasteiger partial charge in [-0.25, -0.2) is 4.79 Å². The molecule has 0 bridgehead atoms. The Bertz CT molecular complexity index is 272. The summed E-state index contributed by atoms with van der Waals surface area (Å²) in [6, 6.07) is 0. The maximum absolute atomic E-state index is 10.5.